The van der Waals surface area contributed by atoms with Gasteiger partial charge in [-0.2, -0.15) is 0 Å². The van der Waals surface area contributed by atoms with E-state index >= 15 is 0 Å². The predicted molar refractivity (Wildman–Crippen MR) is 68.4 cm³/mol. The highest BCUT2D eigenvalue weighted by atomic mass is 35.5. The quantitative estimate of drug-likeness (QED) is 0.706. The first kappa shape index (κ1) is 15.3. The molecule has 7 heteroatoms. The fourth-order valence-corrected chi connectivity index (χ4v) is 1.61. The molecule has 1 aromatic rings. The van der Waals surface area contributed by atoms with Crippen molar-refractivity contribution in [3.05, 3.63) is 28.8 Å². The van der Waals surface area contributed by atoms with Crippen molar-refractivity contribution in [1.29, 1.82) is 0 Å². The van der Waals surface area contributed by atoms with Crippen LogP contribution in [-0.2, 0) is 16.0 Å². The second-order valence-electron chi connectivity index (χ2n) is 3.79. The number of carboxylic acids is 1. The number of carbonyl (C=O) groups is 2. The summed E-state index contributed by atoms with van der Waals surface area (Å²) in [5.74, 6) is -1.31. The third-order valence-corrected chi connectivity index (χ3v) is 2.61. The molecule has 3 N–H and O–H groups in total. The number of nitrogens with one attached hydrogen (secondary N) is 1. The van der Waals surface area contributed by atoms with Crippen LogP contribution in [-0.4, -0.2) is 41.8 Å². The highest BCUT2D eigenvalue weighted by molar-refractivity contribution is 6.30. The van der Waals surface area contributed by atoms with E-state index in [0.29, 0.717) is 16.3 Å². The number of carboxylic acid groups (broad SMARTS) is 1. The minimum absolute atomic E-state index is 0.0178. The maximum absolute atomic E-state index is 11.6. The number of hydrogen-bond donors (Lipinski definition) is 3. The molecule has 0 aliphatic heterocycles. The molecule has 0 spiro atoms. The molecule has 0 aromatic heterocycles. The number of aliphatic hydroxyl groups is 1. The zero-order chi connectivity index (χ0) is 14.4. The van der Waals surface area contributed by atoms with Crippen LogP contribution in [0.3, 0.4) is 0 Å². The number of amides is 1. The summed E-state index contributed by atoms with van der Waals surface area (Å²) >= 11 is 5.82. The SMILES string of the molecule is COc1ccc(Cl)cc1CC(=O)NCC(O)C(=O)O. The molecule has 1 amide bonds. The van der Waals surface area contributed by atoms with Crippen molar-refractivity contribution in [1.82, 2.24) is 5.32 Å². The van der Waals surface area contributed by atoms with Crippen LogP contribution < -0.4 is 10.1 Å². The minimum atomic E-state index is -1.62. The van der Waals surface area contributed by atoms with E-state index in [1.807, 2.05) is 0 Å². The van der Waals surface area contributed by atoms with Crippen LogP contribution in [0.1, 0.15) is 5.56 Å². The van der Waals surface area contributed by atoms with Gasteiger partial charge < -0.3 is 20.3 Å². The molecule has 104 valence electrons. The lowest BCUT2D eigenvalue weighted by Gasteiger charge is -2.10. The molecule has 1 atom stereocenters. The Labute approximate surface area is 114 Å². The van der Waals surface area contributed by atoms with Crippen molar-refractivity contribution in [3.8, 4) is 5.75 Å². The van der Waals surface area contributed by atoms with E-state index in [-0.39, 0.29) is 13.0 Å². The molecule has 0 radical (unpaired) electrons. The van der Waals surface area contributed by atoms with Crippen molar-refractivity contribution in [2.75, 3.05) is 13.7 Å². The number of ether oxygens (including phenoxy) is 1. The number of halogens is 1. The second-order valence-corrected chi connectivity index (χ2v) is 4.23. The van der Waals surface area contributed by atoms with Crippen molar-refractivity contribution >= 4 is 23.5 Å². The van der Waals surface area contributed by atoms with Crippen LogP contribution in [0, 0.1) is 0 Å². The van der Waals surface area contributed by atoms with Gasteiger partial charge in [-0.1, -0.05) is 11.6 Å². The summed E-state index contributed by atoms with van der Waals surface area (Å²) in [7, 11) is 1.47. The average Bonchev–Trinajstić information content (AvgIpc) is 2.36. The standard InChI is InChI=1S/C12H14ClNO5/c1-19-10-3-2-8(13)4-7(10)5-11(16)14-6-9(15)12(17)18/h2-4,9,15H,5-6H2,1H3,(H,14,16)(H,17,18). The predicted octanol–water partition coefficient (Wildman–Crippen LogP) is 0.453. The molecular weight excluding hydrogens is 274 g/mol. The number of aliphatic carboxylic acids is 1. The number of rotatable bonds is 6. The van der Waals surface area contributed by atoms with Gasteiger partial charge in [0.2, 0.25) is 5.91 Å². The van der Waals surface area contributed by atoms with Gasteiger partial charge in [0.15, 0.2) is 6.10 Å². The van der Waals surface area contributed by atoms with Crippen LogP contribution >= 0.6 is 11.6 Å². The van der Waals surface area contributed by atoms with Crippen LogP contribution in [0.25, 0.3) is 0 Å². The van der Waals surface area contributed by atoms with Crippen LogP contribution in [0.5, 0.6) is 5.75 Å². The van der Waals surface area contributed by atoms with Crippen molar-refractivity contribution in [3.63, 3.8) is 0 Å². The lowest BCUT2D eigenvalue weighted by Crippen LogP contribution is -2.37. The molecule has 19 heavy (non-hydrogen) atoms. The third-order valence-electron chi connectivity index (χ3n) is 2.37. The Morgan fingerprint density at radius 2 is 2.16 bits per heavy atom. The monoisotopic (exact) mass is 287 g/mol. The van der Waals surface area contributed by atoms with Crippen LogP contribution in [0.2, 0.25) is 5.02 Å². The van der Waals surface area contributed by atoms with E-state index < -0.39 is 18.0 Å². The topological polar surface area (TPSA) is 95.9 Å². The van der Waals surface area contributed by atoms with E-state index in [1.165, 1.54) is 7.11 Å². The summed E-state index contributed by atoms with van der Waals surface area (Å²) in [6.45, 7) is -0.350. The number of methoxy groups -OCH3 is 1. The van der Waals surface area contributed by atoms with E-state index in [1.54, 1.807) is 18.2 Å². The Bertz CT molecular complexity index is 477. The molecule has 0 bridgehead atoms. The summed E-state index contributed by atoms with van der Waals surface area (Å²) in [4.78, 5) is 22.0. The second kappa shape index (κ2) is 6.96. The van der Waals surface area contributed by atoms with Crippen LogP contribution in [0.4, 0.5) is 0 Å². The normalized spacial score (nSPS) is 11.7. The molecular formula is C12H14ClNO5. The Balaban J connectivity index is 2.62. The summed E-state index contributed by atoms with van der Waals surface area (Å²) in [5.41, 5.74) is 0.581. The van der Waals surface area contributed by atoms with E-state index in [4.69, 9.17) is 26.6 Å². The largest absolute Gasteiger partial charge is 0.496 e. The molecule has 0 aliphatic carbocycles. The zero-order valence-electron chi connectivity index (χ0n) is 10.2. The highest BCUT2D eigenvalue weighted by Gasteiger charge is 2.15. The zero-order valence-corrected chi connectivity index (χ0v) is 11.0. The van der Waals surface area contributed by atoms with Crippen LogP contribution in [0.15, 0.2) is 18.2 Å². The van der Waals surface area contributed by atoms with Crippen molar-refractivity contribution in [2.45, 2.75) is 12.5 Å². The molecule has 0 fully saturated rings. The number of benzene rings is 1. The average molecular weight is 288 g/mol. The molecule has 0 aliphatic rings. The van der Waals surface area contributed by atoms with E-state index in [2.05, 4.69) is 5.32 Å². The summed E-state index contributed by atoms with van der Waals surface area (Å²) in [6, 6.07) is 4.86. The van der Waals surface area contributed by atoms with Gasteiger partial charge >= 0.3 is 5.97 Å². The van der Waals surface area contributed by atoms with Gasteiger partial charge in [-0.25, -0.2) is 4.79 Å². The Morgan fingerprint density at radius 1 is 1.47 bits per heavy atom. The lowest BCUT2D eigenvalue weighted by atomic mass is 10.1. The maximum Gasteiger partial charge on any atom is 0.334 e. The molecule has 0 saturated heterocycles. The van der Waals surface area contributed by atoms with Gasteiger partial charge in [0, 0.05) is 10.6 Å². The number of hydrogen-bond acceptors (Lipinski definition) is 4. The lowest BCUT2D eigenvalue weighted by molar-refractivity contribution is -0.146. The molecule has 6 nitrogen and oxygen atoms in total. The fraction of sp³-hybridized carbons (Fsp3) is 0.333. The number of carbonyl (C=O) groups excluding carboxylic acids is 1. The minimum Gasteiger partial charge on any atom is -0.496 e. The molecule has 1 aromatic carbocycles. The fourth-order valence-electron chi connectivity index (χ4n) is 1.42. The van der Waals surface area contributed by atoms with Gasteiger partial charge in [-0.15, -0.1) is 0 Å². The molecule has 0 saturated carbocycles. The first-order chi connectivity index (χ1) is 8.93. The maximum atomic E-state index is 11.6. The van der Waals surface area contributed by atoms with Gasteiger partial charge in [-0.3, -0.25) is 4.79 Å². The third kappa shape index (κ3) is 4.76. The molecule has 1 rings (SSSR count). The Kier molecular flexibility index (Phi) is 5.59. The van der Waals surface area contributed by atoms with Gasteiger partial charge in [0.25, 0.3) is 0 Å². The first-order valence-corrected chi connectivity index (χ1v) is 5.81. The summed E-state index contributed by atoms with van der Waals surface area (Å²) in [5, 5.41) is 20.3. The Hall–Kier alpha value is -1.79. The highest BCUT2D eigenvalue weighted by Crippen LogP contribution is 2.22. The molecule has 1 unspecified atom stereocenters. The van der Waals surface area contributed by atoms with E-state index in [0.717, 1.165) is 0 Å². The smallest absolute Gasteiger partial charge is 0.334 e. The Morgan fingerprint density at radius 3 is 2.74 bits per heavy atom. The molecule has 0 heterocycles. The van der Waals surface area contributed by atoms with Gasteiger partial charge in [0.1, 0.15) is 5.75 Å². The summed E-state index contributed by atoms with van der Waals surface area (Å²) in [6.07, 6.45) is -1.64. The first-order valence-electron chi connectivity index (χ1n) is 5.44. The van der Waals surface area contributed by atoms with Crippen molar-refractivity contribution in [2.24, 2.45) is 0 Å². The van der Waals surface area contributed by atoms with Crippen molar-refractivity contribution < 1.29 is 24.5 Å². The van der Waals surface area contributed by atoms with Gasteiger partial charge in [-0.05, 0) is 18.2 Å². The van der Waals surface area contributed by atoms with Gasteiger partial charge in [0.05, 0.1) is 20.1 Å². The number of aliphatic hydroxyl groups excluding tert-OH is 1. The van der Waals surface area contributed by atoms with E-state index in [9.17, 15) is 9.59 Å². The summed E-state index contributed by atoms with van der Waals surface area (Å²) < 4.78 is 5.08.